The predicted molar refractivity (Wildman–Crippen MR) is 111 cm³/mol. The molecule has 1 aromatic carbocycles. The van der Waals surface area contributed by atoms with E-state index in [1.165, 1.54) is 0 Å². The molecular formula is C17H28I2O. The van der Waals surface area contributed by atoms with Crippen LogP contribution < -0.4 is 0 Å². The second-order valence-corrected chi connectivity index (χ2v) is 3.12. The molecule has 0 N–H and O–H groups in total. The zero-order chi connectivity index (χ0) is 16.7. The van der Waals surface area contributed by atoms with Crippen molar-refractivity contribution < 1.29 is 4.79 Å². The van der Waals surface area contributed by atoms with Crippen molar-refractivity contribution in [3.63, 3.8) is 0 Å². The van der Waals surface area contributed by atoms with Crippen LogP contribution in [0.1, 0.15) is 71.3 Å². The fraction of sp³-hybridized carbons (Fsp3) is 0.471. The molecule has 0 fully saturated rings. The molecule has 20 heavy (non-hydrogen) atoms. The maximum Gasteiger partial charge on any atom is 0.189 e. The minimum atomic E-state index is 0.183. The molecule has 0 saturated heterocycles. The summed E-state index contributed by atoms with van der Waals surface area (Å²) in [5.41, 5.74) is 3.96. The summed E-state index contributed by atoms with van der Waals surface area (Å²) in [6, 6.07) is 7.76. The van der Waals surface area contributed by atoms with Crippen LogP contribution in [0, 0.1) is 0 Å². The average molecular weight is 502 g/mol. The average Bonchev–Trinajstić information content (AvgIpc) is 2.80. The molecule has 0 atom stereocenters. The summed E-state index contributed by atoms with van der Waals surface area (Å²) in [5.74, 6) is 0.183. The monoisotopic (exact) mass is 502 g/mol. The van der Waals surface area contributed by atoms with Crippen LogP contribution in [-0.2, 0) is 0 Å². The zero-order valence-corrected chi connectivity index (χ0v) is 18.3. The zero-order valence-electron chi connectivity index (χ0n) is 14.0. The molecule has 2 rings (SSSR count). The lowest BCUT2D eigenvalue weighted by Gasteiger charge is -1.96. The van der Waals surface area contributed by atoms with Crippen LogP contribution in [0.3, 0.4) is 0 Å². The van der Waals surface area contributed by atoms with Crippen molar-refractivity contribution in [3.05, 3.63) is 41.0 Å². The van der Waals surface area contributed by atoms with E-state index in [9.17, 15) is 4.79 Å². The highest BCUT2D eigenvalue weighted by molar-refractivity contribution is 15.0. The van der Waals surface area contributed by atoms with Gasteiger partial charge in [0.2, 0.25) is 0 Å². The first kappa shape index (κ1) is 25.1. The van der Waals surface area contributed by atoms with E-state index in [4.69, 9.17) is 0 Å². The van der Waals surface area contributed by atoms with Gasteiger partial charge >= 0.3 is 0 Å². The molecular weight excluding hydrogens is 474 g/mol. The molecule has 0 heterocycles. The van der Waals surface area contributed by atoms with E-state index in [0.29, 0.717) is 0 Å². The number of hydrogen-bond acceptors (Lipinski definition) is 1. The van der Waals surface area contributed by atoms with Gasteiger partial charge in [0.05, 0.1) is 0 Å². The SMILES string of the molecule is CC.CC.CC.CC1=C(C)c2ccccc2C1=O.II. The Hall–Kier alpha value is 0.0900. The van der Waals surface area contributed by atoms with Crippen LogP contribution in [-0.4, -0.2) is 5.78 Å². The first-order valence-corrected chi connectivity index (χ1v) is 13.5. The van der Waals surface area contributed by atoms with Crippen LogP contribution in [0.15, 0.2) is 29.8 Å². The van der Waals surface area contributed by atoms with Crippen molar-refractivity contribution in [2.75, 3.05) is 0 Å². The van der Waals surface area contributed by atoms with Gasteiger partial charge in [-0.15, -0.1) is 0 Å². The van der Waals surface area contributed by atoms with Gasteiger partial charge in [0.25, 0.3) is 0 Å². The van der Waals surface area contributed by atoms with E-state index < -0.39 is 0 Å². The van der Waals surface area contributed by atoms with Gasteiger partial charge in [-0.1, -0.05) is 65.8 Å². The molecule has 0 radical (unpaired) electrons. The van der Waals surface area contributed by atoms with Crippen LogP contribution in [0.4, 0.5) is 0 Å². The summed E-state index contributed by atoms with van der Waals surface area (Å²) in [4.78, 5) is 11.5. The second-order valence-electron chi connectivity index (χ2n) is 3.12. The Kier molecular flexibility index (Phi) is 21.5. The highest BCUT2D eigenvalue weighted by atomic mass is 128. The number of hydrogen-bond donors (Lipinski definition) is 0. The van der Waals surface area contributed by atoms with Crippen molar-refractivity contribution >= 4 is 48.6 Å². The lowest BCUT2D eigenvalue weighted by atomic mass is 10.1. The number of carbonyl (C=O) groups excluding carboxylic acids is 1. The quantitative estimate of drug-likeness (QED) is 0.336. The molecule has 1 aliphatic carbocycles. The number of rotatable bonds is 0. The third-order valence-corrected chi connectivity index (χ3v) is 2.48. The minimum Gasteiger partial charge on any atom is -0.289 e. The van der Waals surface area contributed by atoms with Gasteiger partial charge in [-0.3, -0.25) is 4.79 Å². The first-order valence-electron chi connectivity index (χ1n) is 7.17. The molecule has 0 amide bonds. The standard InChI is InChI=1S/C11H10O.3C2H6.I2/c1-7-8(2)11(12)10-6-4-3-5-9(7)10;4*1-2/h3-6H,1-2H3;3*1-2H3;. The molecule has 0 saturated carbocycles. The Labute approximate surface area is 148 Å². The molecule has 0 aliphatic heterocycles. The molecule has 0 bridgehead atoms. The predicted octanol–water partition coefficient (Wildman–Crippen LogP) is 7.53. The number of Topliss-reactive ketones (excluding diaryl/α,β-unsaturated/α-hetero) is 1. The van der Waals surface area contributed by atoms with E-state index in [1.807, 2.05) is 79.7 Å². The van der Waals surface area contributed by atoms with Gasteiger partial charge in [-0.05, 0) is 25.0 Å². The molecule has 1 nitrogen and oxygen atoms in total. The van der Waals surface area contributed by atoms with Gasteiger partial charge in [0.15, 0.2) is 5.78 Å². The van der Waals surface area contributed by atoms with E-state index >= 15 is 0 Å². The van der Waals surface area contributed by atoms with Gasteiger partial charge in [0.1, 0.15) is 0 Å². The van der Waals surface area contributed by atoms with Crippen molar-refractivity contribution in [1.29, 1.82) is 0 Å². The molecule has 116 valence electrons. The van der Waals surface area contributed by atoms with Crippen LogP contribution >= 0.6 is 37.2 Å². The summed E-state index contributed by atoms with van der Waals surface area (Å²) < 4.78 is 0. The summed E-state index contributed by atoms with van der Waals surface area (Å²) in [5, 5.41) is 0. The second kappa shape index (κ2) is 17.1. The van der Waals surface area contributed by atoms with Crippen LogP contribution in [0.5, 0.6) is 0 Å². The number of ketones is 1. The lowest BCUT2D eigenvalue weighted by molar-refractivity contribution is 0.103. The Morgan fingerprint density at radius 1 is 0.700 bits per heavy atom. The highest BCUT2D eigenvalue weighted by Gasteiger charge is 2.22. The van der Waals surface area contributed by atoms with Gasteiger partial charge < -0.3 is 0 Å². The fourth-order valence-electron chi connectivity index (χ4n) is 1.58. The topological polar surface area (TPSA) is 17.1 Å². The summed E-state index contributed by atoms with van der Waals surface area (Å²) in [6.07, 6.45) is 0. The minimum absolute atomic E-state index is 0.183. The summed E-state index contributed by atoms with van der Waals surface area (Å²) in [6.45, 7) is 15.9. The molecule has 1 aliphatic rings. The number of benzene rings is 1. The van der Waals surface area contributed by atoms with Crippen LogP contribution in [0.25, 0.3) is 5.57 Å². The smallest absolute Gasteiger partial charge is 0.189 e. The van der Waals surface area contributed by atoms with Gasteiger partial charge in [0, 0.05) is 48.4 Å². The van der Waals surface area contributed by atoms with Crippen molar-refractivity contribution in [2.45, 2.75) is 55.4 Å². The van der Waals surface area contributed by atoms with Gasteiger partial charge in [-0.2, -0.15) is 0 Å². The lowest BCUT2D eigenvalue weighted by Crippen LogP contribution is -1.94. The van der Waals surface area contributed by atoms with Crippen molar-refractivity contribution in [3.8, 4) is 0 Å². The largest absolute Gasteiger partial charge is 0.289 e. The molecule has 3 heteroatoms. The van der Waals surface area contributed by atoms with E-state index in [0.717, 1.165) is 22.3 Å². The van der Waals surface area contributed by atoms with Gasteiger partial charge in [-0.25, -0.2) is 0 Å². The maximum absolute atomic E-state index is 11.5. The van der Waals surface area contributed by atoms with E-state index in [1.54, 1.807) is 0 Å². The Bertz CT molecular complexity index is 396. The summed E-state index contributed by atoms with van der Waals surface area (Å²) >= 11 is 4.24. The number of halogens is 2. The van der Waals surface area contributed by atoms with Crippen LogP contribution in [0.2, 0.25) is 0 Å². The Balaban J connectivity index is -0.000000314. The van der Waals surface area contributed by atoms with Crippen molar-refractivity contribution in [2.24, 2.45) is 0 Å². The molecule has 1 aromatic rings. The third-order valence-electron chi connectivity index (χ3n) is 2.48. The number of carbonyl (C=O) groups is 1. The maximum atomic E-state index is 11.5. The Morgan fingerprint density at radius 2 is 1.05 bits per heavy atom. The van der Waals surface area contributed by atoms with E-state index in [-0.39, 0.29) is 5.78 Å². The summed E-state index contributed by atoms with van der Waals surface area (Å²) in [7, 11) is 0. The first-order chi connectivity index (χ1) is 9.72. The third kappa shape index (κ3) is 7.20. The Morgan fingerprint density at radius 3 is 1.40 bits per heavy atom. The molecule has 0 aromatic heterocycles. The fourth-order valence-corrected chi connectivity index (χ4v) is 1.58. The number of fused-ring (bicyclic) bond motifs is 1. The molecule has 0 unspecified atom stereocenters. The normalized spacial score (nSPS) is 10.4. The number of allylic oxidation sites excluding steroid dienone is 2. The van der Waals surface area contributed by atoms with E-state index in [2.05, 4.69) is 37.2 Å². The van der Waals surface area contributed by atoms with Crippen molar-refractivity contribution in [1.82, 2.24) is 0 Å². The molecule has 0 spiro atoms. The highest BCUT2D eigenvalue weighted by Crippen LogP contribution is 2.31.